The highest BCUT2D eigenvalue weighted by molar-refractivity contribution is 6.99. The number of ether oxygens (including phenoxy) is 3. The van der Waals surface area contributed by atoms with Gasteiger partial charge in [-0.05, 0) is 59.8 Å². The fourth-order valence-corrected chi connectivity index (χ4v) is 10.4. The van der Waals surface area contributed by atoms with Crippen molar-refractivity contribution in [2.24, 2.45) is 0 Å². The molecule has 0 aliphatic carbocycles. The zero-order chi connectivity index (χ0) is 29.7. The van der Waals surface area contributed by atoms with E-state index in [2.05, 4.69) is 69.3 Å². The highest BCUT2D eigenvalue weighted by Crippen LogP contribution is 2.42. The van der Waals surface area contributed by atoms with Crippen molar-refractivity contribution in [1.29, 1.82) is 0 Å². The molecule has 0 radical (unpaired) electrons. The molecule has 0 N–H and O–H groups in total. The lowest BCUT2D eigenvalue weighted by Crippen LogP contribution is -2.66. The third-order valence-corrected chi connectivity index (χ3v) is 12.8. The van der Waals surface area contributed by atoms with Crippen molar-refractivity contribution >= 4 is 30.4 Å². The van der Waals surface area contributed by atoms with Crippen molar-refractivity contribution < 1.29 is 28.2 Å². The van der Waals surface area contributed by atoms with Gasteiger partial charge in [-0.25, -0.2) is 0 Å². The molecule has 0 unspecified atom stereocenters. The monoisotopic (exact) mass is 574 g/mol. The standard InChI is InChI=1S/C34H42O6Si/c1-7-38-31(36)19-14-20-34(5)23-28(35)32-29(37-6)21-25(22-30(32)40-34)24-39-41(33(2,3)4,26-15-10-8-11-16-26)27-17-12-9-13-18-27/h8-13,15-18,21-22H,7,14,19-20,23-24H2,1-6H3/t34-/m1/s1. The van der Waals surface area contributed by atoms with E-state index in [1.165, 1.54) is 10.4 Å². The molecule has 0 amide bonds. The van der Waals surface area contributed by atoms with Gasteiger partial charge in [0.2, 0.25) is 0 Å². The number of hydrogen-bond acceptors (Lipinski definition) is 6. The van der Waals surface area contributed by atoms with Crippen LogP contribution in [-0.2, 0) is 20.6 Å². The van der Waals surface area contributed by atoms with Gasteiger partial charge in [0.25, 0.3) is 8.32 Å². The van der Waals surface area contributed by atoms with Crippen LogP contribution in [0.1, 0.15) is 76.2 Å². The van der Waals surface area contributed by atoms with Crippen molar-refractivity contribution in [2.45, 2.75) is 77.5 Å². The lowest BCUT2D eigenvalue weighted by molar-refractivity contribution is -0.143. The van der Waals surface area contributed by atoms with E-state index >= 15 is 0 Å². The molecule has 1 atom stereocenters. The van der Waals surface area contributed by atoms with Gasteiger partial charge in [0.1, 0.15) is 22.7 Å². The molecule has 0 bridgehead atoms. The number of ketones is 1. The van der Waals surface area contributed by atoms with Gasteiger partial charge in [-0.3, -0.25) is 9.59 Å². The van der Waals surface area contributed by atoms with Gasteiger partial charge < -0.3 is 18.6 Å². The summed E-state index contributed by atoms with van der Waals surface area (Å²) in [4.78, 5) is 25.2. The van der Waals surface area contributed by atoms with Crippen LogP contribution in [0.5, 0.6) is 11.5 Å². The number of carbonyl (C=O) groups excluding carboxylic acids is 2. The van der Waals surface area contributed by atoms with Gasteiger partial charge >= 0.3 is 5.97 Å². The van der Waals surface area contributed by atoms with Crippen LogP contribution in [0.2, 0.25) is 5.04 Å². The molecular weight excluding hydrogens is 532 g/mol. The summed E-state index contributed by atoms with van der Waals surface area (Å²) < 4.78 is 24.4. The first kappa shape index (κ1) is 30.5. The first-order chi connectivity index (χ1) is 19.5. The lowest BCUT2D eigenvalue weighted by atomic mass is 9.86. The normalized spacial score (nSPS) is 17.0. The van der Waals surface area contributed by atoms with Gasteiger partial charge in [-0.1, -0.05) is 81.4 Å². The Hall–Kier alpha value is -3.42. The van der Waals surface area contributed by atoms with Gasteiger partial charge in [-0.15, -0.1) is 0 Å². The molecule has 1 heterocycles. The molecule has 3 aromatic rings. The van der Waals surface area contributed by atoms with Crippen LogP contribution in [0.4, 0.5) is 0 Å². The van der Waals surface area contributed by atoms with Crippen molar-refractivity contribution in [2.75, 3.05) is 13.7 Å². The molecule has 0 saturated heterocycles. The van der Waals surface area contributed by atoms with Gasteiger partial charge in [-0.2, -0.15) is 0 Å². The maximum absolute atomic E-state index is 13.3. The fourth-order valence-electron chi connectivity index (χ4n) is 5.91. The molecule has 0 spiro atoms. The zero-order valence-corrected chi connectivity index (χ0v) is 26.1. The van der Waals surface area contributed by atoms with E-state index in [4.69, 9.17) is 18.6 Å². The Bertz CT molecular complexity index is 1310. The number of hydrogen-bond donors (Lipinski definition) is 0. The Morgan fingerprint density at radius 1 is 1.00 bits per heavy atom. The third kappa shape index (κ3) is 6.57. The maximum atomic E-state index is 13.3. The van der Waals surface area contributed by atoms with Crippen LogP contribution < -0.4 is 19.8 Å². The average Bonchev–Trinajstić information content (AvgIpc) is 2.93. The summed E-state index contributed by atoms with van der Waals surface area (Å²) >= 11 is 0. The molecule has 0 fully saturated rings. The van der Waals surface area contributed by atoms with E-state index in [0.29, 0.717) is 49.5 Å². The summed E-state index contributed by atoms with van der Waals surface area (Å²) in [6.45, 7) is 11.1. The lowest BCUT2D eigenvalue weighted by Gasteiger charge is -2.43. The maximum Gasteiger partial charge on any atom is 0.305 e. The second-order valence-electron chi connectivity index (χ2n) is 11.9. The largest absolute Gasteiger partial charge is 0.496 e. The van der Waals surface area contributed by atoms with E-state index in [-0.39, 0.29) is 23.2 Å². The predicted octanol–water partition coefficient (Wildman–Crippen LogP) is 6.23. The second kappa shape index (κ2) is 12.6. The van der Waals surface area contributed by atoms with E-state index in [0.717, 1.165) is 5.56 Å². The number of fused-ring (bicyclic) bond motifs is 1. The summed E-state index contributed by atoms with van der Waals surface area (Å²) in [5.41, 5.74) is 0.612. The minimum Gasteiger partial charge on any atom is -0.496 e. The minimum absolute atomic E-state index is 0.0267. The van der Waals surface area contributed by atoms with Gasteiger partial charge in [0.15, 0.2) is 5.78 Å². The number of esters is 1. The molecule has 218 valence electrons. The minimum atomic E-state index is -2.76. The van der Waals surface area contributed by atoms with Crippen LogP contribution in [0.15, 0.2) is 72.8 Å². The van der Waals surface area contributed by atoms with Crippen molar-refractivity contribution in [3.8, 4) is 11.5 Å². The number of Topliss-reactive ketones (excluding diaryl/α,β-unsaturated/α-hetero) is 1. The van der Waals surface area contributed by atoms with Gasteiger partial charge in [0.05, 0.1) is 26.7 Å². The van der Waals surface area contributed by atoms with Crippen LogP contribution in [0, 0.1) is 0 Å². The quantitative estimate of drug-likeness (QED) is 0.200. The summed E-state index contributed by atoms with van der Waals surface area (Å²) in [6.07, 6.45) is 1.65. The molecule has 41 heavy (non-hydrogen) atoms. The van der Waals surface area contributed by atoms with Gasteiger partial charge in [0, 0.05) is 6.42 Å². The Morgan fingerprint density at radius 2 is 1.61 bits per heavy atom. The van der Waals surface area contributed by atoms with Crippen molar-refractivity contribution in [3.05, 3.63) is 83.9 Å². The van der Waals surface area contributed by atoms with E-state index in [9.17, 15) is 9.59 Å². The summed E-state index contributed by atoms with van der Waals surface area (Å²) in [6, 6.07) is 24.8. The van der Waals surface area contributed by atoms with Crippen molar-refractivity contribution in [1.82, 2.24) is 0 Å². The molecular formula is C34H42O6Si. The number of rotatable bonds is 11. The Balaban J connectivity index is 1.67. The number of benzene rings is 3. The smallest absolute Gasteiger partial charge is 0.305 e. The van der Waals surface area contributed by atoms with E-state index in [1.54, 1.807) is 14.0 Å². The first-order valence-electron chi connectivity index (χ1n) is 14.4. The van der Waals surface area contributed by atoms with E-state index < -0.39 is 13.9 Å². The van der Waals surface area contributed by atoms with Crippen molar-refractivity contribution in [3.63, 3.8) is 0 Å². The first-order valence-corrected chi connectivity index (χ1v) is 16.3. The fraction of sp³-hybridized carbons (Fsp3) is 0.412. The Morgan fingerprint density at radius 3 is 2.15 bits per heavy atom. The zero-order valence-electron chi connectivity index (χ0n) is 25.1. The second-order valence-corrected chi connectivity index (χ2v) is 16.2. The van der Waals surface area contributed by atoms with Crippen LogP contribution in [0.3, 0.4) is 0 Å². The highest BCUT2D eigenvalue weighted by Gasteiger charge is 2.50. The highest BCUT2D eigenvalue weighted by atomic mass is 28.4. The number of methoxy groups -OCH3 is 1. The summed E-state index contributed by atoms with van der Waals surface area (Å²) in [7, 11) is -1.19. The SMILES string of the molecule is CCOC(=O)CCC[C@]1(C)CC(=O)c2c(OC)cc(CO[Si](c3ccccc3)(c3ccccc3)C(C)(C)C)cc2O1. The molecule has 0 saturated carbocycles. The predicted molar refractivity (Wildman–Crippen MR) is 164 cm³/mol. The molecule has 4 rings (SSSR count). The Labute approximate surface area is 245 Å². The van der Waals surface area contributed by atoms with Crippen LogP contribution >= 0.6 is 0 Å². The topological polar surface area (TPSA) is 71.1 Å². The molecule has 1 aliphatic rings. The molecule has 3 aromatic carbocycles. The molecule has 6 nitrogen and oxygen atoms in total. The molecule has 7 heteroatoms. The molecule has 1 aliphatic heterocycles. The third-order valence-electron chi connectivity index (χ3n) is 7.78. The summed E-state index contributed by atoms with van der Waals surface area (Å²) in [5.74, 6) is 0.728. The summed E-state index contributed by atoms with van der Waals surface area (Å²) in [5, 5.41) is 2.23. The number of carbonyl (C=O) groups is 2. The molecule has 0 aromatic heterocycles. The average molecular weight is 575 g/mol. The van der Waals surface area contributed by atoms with E-state index in [1.807, 2.05) is 31.2 Å². The van der Waals surface area contributed by atoms with Crippen LogP contribution in [-0.4, -0.2) is 39.4 Å². The van der Waals surface area contributed by atoms with Crippen LogP contribution in [0.25, 0.3) is 0 Å². The Kier molecular flexibility index (Phi) is 9.40.